The van der Waals surface area contributed by atoms with E-state index in [4.69, 9.17) is 4.42 Å². The highest BCUT2D eigenvalue weighted by molar-refractivity contribution is 7.90. The lowest BCUT2D eigenvalue weighted by Crippen LogP contribution is -2.44. The Morgan fingerprint density at radius 2 is 1.74 bits per heavy atom. The van der Waals surface area contributed by atoms with E-state index in [-0.39, 0.29) is 17.8 Å². The molecule has 0 saturated carbocycles. The molecule has 2 N–H and O–H groups in total. The zero-order chi connectivity index (χ0) is 24.9. The van der Waals surface area contributed by atoms with Gasteiger partial charge in [-0.15, -0.1) is 0 Å². The second kappa shape index (κ2) is 10.5. The number of aryl methyl sites for hydroxylation is 2. The zero-order valence-electron chi connectivity index (χ0n) is 19.5. The molecule has 3 rings (SSSR count). The summed E-state index contributed by atoms with van der Waals surface area (Å²) in [5, 5.41) is 5.42. The van der Waals surface area contributed by atoms with Crippen LogP contribution in [0.4, 0.5) is 11.4 Å². The predicted molar refractivity (Wildman–Crippen MR) is 131 cm³/mol. The van der Waals surface area contributed by atoms with Crippen LogP contribution in [0.15, 0.2) is 65.3 Å². The number of benzene rings is 2. The smallest absolute Gasteiger partial charge is 0.304 e. The maximum absolute atomic E-state index is 13.1. The van der Waals surface area contributed by atoms with E-state index in [1.54, 1.807) is 55.5 Å². The lowest BCUT2D eigenvalue weighted by molar-refractivity contribution is -0.114. The van der Waals surface area contributed by atoms with Crippen molar-refractivity contribution in [3.05, 3.63) is 83.3 Å². The van der Waals surface area contributed by atoms with Gasteiger partial charge in [-0.2, -0.15) is 12.7 Å². The van der Waals surface area contributed by atoms with Crippen LogP contribution in [0.5, 0.6) is 0 Å². The number of nitrogens with zero attached hydrogens (tertiary/aromatic N) is 2. The fourth-order valence-electron chi connectivity index (χ4n) is 3.26. The molecule has 1 aromatic heterocycles. The number of rotatable bonds is 9. The second-order valence-electron chi connectivity index (χ2n) is 7.94. The zero-order valence-corrected chi connectivity index (χ0v) is 20.3. The monoisotopic (exact) mass is 484 g/mol. The first-order valence-corrected chi connectivity index (χ1v) is 12.0. The molecule has 0 aliphatic rings. The van der Waals surface area contributed by atoms with Crippen LogP contribution in [0.25, 0.3) is 0 Å². The summed E-state index contributed by atoms with van der Waals surface area (Å²) in [7, 11) is -1.15. The second-order valence-corrected chi connectivity index (χ2v) is 10.0. The third kappa shape index (κ3) is 5.83. The van der Waals surface area contributed by atoms with E-state index in [0.29, 0.717) is 17.0 Å². The summed E-state index contributed by atoms with van der Waals surface area (Å²) >= 11 is 0. The Morgan fingerprint density at radius 3 is 2.41 bits per heavy atom. The van der Waals surface area contributed by atoms with Crippen LogP contribution in [0.3, 0.4) is 0 Å². The highest BCUT2D eigenvalue weighted by atomic mass is 32.2. The molecular formula is C24H28N4O5S. The molecule has 0 fully saturated rings. The van der Waals surface area contributed by atoms with Crippen LogP contribution < -0.4 is 14.9 Å². The lowest BCUT2D eigenvalue weighted by atomic mass is 10.1. The largest absolute Gasteiger partial charge is 0.467 e. The van der Waals surface area contributed by atoms with Gasteiger partial charge in [0.05, 0.1) is 29.7 Å². The average Bonchev–Trinajstić information content (AvgIpc) is 3.31. The molecule has 0 radical (unpaired) electrons. The maximum Gasteiger partial charge on any atom is 0.304 e. The fraction of sp³-hybridized carbons (Fsp3) is 0.250. The Hall–Kier alpha value is -3.63. The third-order valence-corrected chi connectivity index (χ3v) is 6.92. The molecule has 0 aliphatic carbocycles. The molecule has 0 spiro atoms. The Kier molecular flexibility index (Phi) is 7.75. The molecule has 180 valence electrons. The number of carbonyl (C=O) groups excluding carboxylic acids is 2. The first-order valence-electron chi connectivity index (χ1n) is 10.6. The summed E-state index contributed by atoms with van der Waals surface area (Å²) in [6.45, 7) is 3.35. The van der Waals surface area contributed by atoms with Gasteiger partial charge < -0.3 is 15.1 Å². The van der Waals surface area contributed by atoms with Crippen LogP contribution in [0, 0.1) is 13.8 Å². The van der Waals surface area contributed by atoms with Crippen molar-refractivity contribution in [2.45, 2.75) is 20.4 Å². The highest BCUT2D eigenvalue weighted by Crippen LogP contribution is 2.25. The molecule has 0 aliphatic heterocycles. The summed E-state index contributed by atoms with van der Waals surface area (Å²) in [5.41, 5.74) is 2.50. The minimum Gasteiger partial charge on any atom is -0.467 e. The van der Waals surface area contributed by atoms with Crippen molar-refractivity contribution in [3.63, 3.8) is 0 Å². The normalized spacial score (nSPS) is 11.3. The van der Waals surface area contributed by atoms with Gasteiger partial charge in [-0.1, -0.05) is 24.3 Å². The molecule has 34 heavy (non-hydrogen) atoms. The highest BCUT2D eigenvalue weighted by Gasteiger charge is 2.29. The van der Waals surface area contributed by atoms with Gasteiger partial charge in [-0.25, -0.2) is 4.31 Å². The number of hydrogen-bond donors (Lipinski definition) is 2. The van der Waals surface area contributed by atoms with Crippen molar-refractivity contribution in [2.75, 3.05) is 30.3 Å². The van der Waals surface area contributed by atoms with Crippen LogP contribution in [0.2, 0.25) is 0 Å². The van der Waals surface area contributed by atoms with Gasteiger partial charge in [-0.3, -0.25) is 9.59 Å². The minimum absolute atomic E-state index is 0.190. The van der Waals surface area contributed by atoms with Gasteiger partial charge in [0.1, 0.15) is 12.3 Å². The first kappa shape index (κ1) is 25.0. The molecule has 10 heteroatoms. The predicted octanol–water partition coefficient (Wildman–Crippen LogP) is 3.08. The quantitative estimate of drug-likeness (QED) is 0.485. The van der Waals surface area contributed by atoms with E-state index < -0.39 is 28.6 Å². The van der Waals surface area contributed by atoms with Gasteiger partial charge >= 0.3 is 10.2 Å². The number of anilines is 2. The number of amides is 2. The molecule has 0 saturated heterocycles. The standard InChI is InChI=1S/C24H28N4O5S/c1-17-11-12-18(2)22(14-17)28(34(31,32)27(3)4)16-23(29)26-21-10-6-5-9-20(21)24(30)25-15-19-8-7-13-33-19/h5-14H,15-16H2,1-4H3,(H,25,30)(H,26,29). The van der Waals surface area contributed by atoms with E-state index in [1.807, 2.05) is 13.0 Å². The summed E-state index contributed by atoms with van der Waals surface area (Å²) in [4.78, 5) is 25.7. The molecule has 1 heterocycles. The summed E-state index contributed by atoms with van der Waals surface area (Å²) in [5.74, 6) is -0.398. The third-order valence-electron chi connectivity index (χ3n) is 5.11. The summed E-state index contributed by atoms with van der Waals surface area (Å²) in [6, 6.07) is 15.4. The van der Waals surface area contributed by atoms with Gasteiger partial charge in [0.15, 0.2) is 0 Å². The Balaban J connectivity index is 1.82. The average molecular weight is 485 g/mol. The van der Waals surface area contributed by atoms with Gasteiger partial charge in [-0.05, 0) is 55.3 Å². The van der Waals surface area contributed by atoms with Crippen molar-refractivity contribution < 1.29 is 22.4 Å². The number of hydrogen-bond acceptors (Lipinski definition) is 5. The molecule has 3 aromatic rings. The van der Waals surface area contributed by atoms with E-state index in [1.165, 1.54) is 20.4 Å². The van der Waals surface area contributed by atoms with Crippen molar-refractivity contribution in [1.82, 2.24) is 9.62 Å². The number of nitrogens with one attached hydrogen (secondary N) is 2. The molecule has 0 bridgehead atoms. The van der Waals surface area contributed by atoms with Crippen LogP contribution in [-0.2, 0) is 21.5 Å². The van der Waals surface area contributed by atoms with E-state index in [2.05, 4.69) is 10.6 Å². The van der Waals surface area contributed by atoms with Crippen LogP contribution in [0.1, 0.15) is 27.2 Å². The Labute approximate surface area is 199 Å². The molecule has 2 amide bonds. The topological polar surface area (TPSA) is 112 Å². The molecule has 2 aromatic carbocycles. The van der Waals surface area contributed by atoms with Gasteiger partial charge in [0, 0.05) is 14.1 Å². The molecular weight excluding hydrogens is 456 g/mol. The number of para-hydroxylation sites is 1. The van der Waals surface area contributed by atoms with Crippen molar-refractivity contribution in [1.29, 1.82) is 0 Å². The Morgan fingerprint density at radius 1 is 1.00 bits per heavy atom. The van der Waals surface area contributed by atoms with Gasteiger partial charge in [0.2, 0.25) is 5.91 Å². The molecule has 0 unspecified atom stereocenters. The molecule has 9 nitrogen and oxygen atoms in total. The van der Waals surface area contributed by atoms with E-state index in [0.717, 1.165) is 14.2 Å². The summed E-state index contributed by atoms with van der Waals surface area (Å²) < 4.78 is 33.4. The van der Waals surface area contributed by atoms with E-state index in [9.17, 15) is 18.0 Å². The SMILES string of the molecule is Cc1ccc(C)c(N(CC(=O)Nc2ccccc2C(=O)NCc2ccco2)S(=O)(=O)N(C)C)c1. The minimum atomic E-state index is -3.96. The van der Waals surface area contributed by atoms with Gasteiger partial charge in [0.25, 0.3) is 5.91 Å². The number of furan rings is 1. The lowest BCUT2D eigenvalue weighted by Gasteiger charge is -2.28. The fourth-order valence-corrected chi connectivity index (χ4v) is 4.38. The van der Waals surface area contributed by atoms with Crippen LogP contribution >= 0.6 is 0 Å². The van der Waals surface area contributed by atoms with Crippen molar-refractivity contribution >= 4 is 33.4 Å². The van der Waals surface area contributed by atoms with Crippen molar-refractivity contribution in [2.24, 2.45) is 0 Å². The summed E-state index contributed by atoms with van der Waals surface area (Å²) in [6.07, 6.45) is 1.51. The van der Waals surface area contributed by atoms with E-state index >= 15 is 0 Å². The van der Waals surface area contributed by atoms with Crippen LogP contribution in [-0.4, -0.2) is 45.2 Å². The Bertz CT molecular complexity index is 1270. The molecule has 0 atom stereocenters. The maximum atomic E-state index is 13.1. The number of carbonyl (C=O) groups is 2. The first-order chi connectivity index (χ1) is 16.1. The van der Waals surface area contributed by atoms with Crippen molar-refractivity contribution in [3.8, 4) is 0 Å².